The maximum atomic E-state index is 13.4. The summed E-state index contributed by atoms with van der Waals surface area (Å²) in [5, 5.41) is 15.7. The number of pyridine rings is 2. The molecule has 0 radical (unpaired) electrons. The first-order valence-electron chi connectivity index (χ1n) is 13.4. The molecule has 0 aromatic carbocycles. The number of rotatable bonds is 7. The van der Waals surface area contributed by atoms with Crippen molar-refractivity contribution in [2.24, 2.45) is 0 Å². The number of amides is 3. The third-order valence-corrected chi connectivity index (χ3v) is 8.24. The van der Waals surface area contributed by atoms with Crippen molar-refractivity contribution < 1.29 is 19.1 Å². The Balaban J connectivity index is 1.30. The van der Waals surface area contributed by atoms with E-state index in [1.165, 1.54) is 6.20 Å². The molecular weight excluding hydrogens is 532 g/mol. The fraction of sp³-hybridized carbons (Fsp3) is 0.519. The molecule has 5 rings (SSSR count). The van der Waals surface area contributed by atoms with Gasteiger partial charge in [0, 0.05) is 55.5 Å². The van der Waals surface area contributed by atoms with E-state index in [0.717, 1.165) is 42.0 Å². The molecule has 3 amide bonds. The fourth-order valence-electron chi connectivity index (χ4n) is 5.03. The number of anilines is 3. The lowest BCUT2D eigenvalue weighted by atomic mass is 10.0. The lowest BCUT2D eigenvalue weighted by molar-refractivity contribution is -0.136. The molecule has 0 bridgehead atoms. The summed E-state index contributed by atoms with van der Waals surface area (Å²) in [5.41, 5.74) is 2.74. The Labute approximate surface area is 238 Å². The number of likely N-dealkylation sites (N-methyl/N-ethyl adjacent to an activating group) is 1. The number of fused-ring (bicyclic) bond motifs is 1. The summed E-state index contributed by atoms with van der Waals surface area (Å²) in [6.45, 7) is 4.03. The van der Waals surface area contributed by atoms with Gasteiger partial charge in [-0.3, -0.25) is 19.9 Å². The maximum absolute atomic E-state index is 13.4. The van der Waals surface area contributed by atoms with Crippen molar-refractivity contribution >= 4 is 41.0 Å². The van der Waals surface area contributed by atoms with Gasteiger partial charge in [-0.1, -0.05) is 0 Å². The fourth-order valence-corrected chi connectivity index (χ4v) is 5.89. The average molecular weight is 567 g/mol. The van der Waals surface area contributed by atoms with Crippen LogP contribution in [0, 0.1) is 11.3 Å². The molecule has 0 spiro atoms. The van der Waals surface area contributed by atoms with Gasteiger partial charge in [-0.2, -0.15) is 22.0 Å². The SMILES string of the molecule is COc1nc2c(cc1CN1CCN(C)CC1=O)CCCN2C(=O)Nc1cc(NCC2CSCCO2)c(C#N)cn1. The summed E-state index contributed by atoms with van der Waals surface area (Å²) in [6.07, 6.45) is 3.05. The summed E-state index contributed by atoms with van der Waals surface area (Å²) in [4.78, 5) is 40.3. The average Bonchev–Trinajstić information content (AvgIpc) is 2.97. The maximum Gasteiger partial charge on any atom is 0.328 e. The first kappa shape index (κ1) is 27.9. The third-order valence-electron chi connectivity index (χ3n) is 7.18. The molecule has 2 saturated heterocycles. The highest BCUT2D eigenvalue weighted by molar-refractivity contribution is 7.99. The molecule has 212 valence electrons. The highest BCUT2D eigenvalue weighted by Crippen LogP contribution is 2.32. The molecule has 0 aliphatic carbocycles. The number of nitrogens with one attached hydrogen (secondary N) is 2. The quantitative estimate of drug-likeness (QED) is 0.513. The van der Waals surface area contributed by atoms with E-state index in [2.05, 4.69) is 21.7 Å². The zero-order chi connectivity index (χ0) is 28.1. The van der Waals surface area contributed by atoms with Gasteiger partial charge in [0.25, 0.3) is 0 Å². The number of hydrogen-bond acceptors (Lipinski definition) is 10. The molecule has 2 N–H and O–H groups in total. The Morgan fingerprint density at radius 3 is 2.95 bits per heavy atom. The number of thioether (sulfide) groups is 1. The number of methoxy groups -OCH3 is 1. The van der Waals surface area contributed by atoms with Crippen molar-refractivity contribution in [3.8, 4) is 11.9 Å². The van der Waals surface area contributed by atoms with Crippen molar-refractivity contribution in [3.63, 3.8) is 0 Å². The minimum absolute atomic E-state index is 0.0571. The standard InChI is InChI=1S/C27H34N8O4S/c1-33-6-7-34(24(36)16-33)15-19-10-18-4-3-5-35(25(18)32-26(19)38-2)27(37)31-23-11-22(20(12-28)13-30-23)29-14-21-17-40-9-8-39-21/h10-11,13,21H,3-9,14-17H2,1-2H3,(H2,29,30,31,37). The van der Waals surface area contributed by atoms with Crippen molar-refractivity contribution in [1.82, 2.24) is 19.8 Å². The molecule has 3 aliphatic rings. The highest BCUT2D eigenvalue weighted by Gasteiger charge is 2.29. The lowest BCUT2D eigenvalue weighted by Crippen LogP contribution is -2.48. The van der Waals surface area contributed by atoms with Gasteiger partial charge in [0.05, 0.1) is 44.2 Å². The minimum Gasteiger partial charge on any atom is -0.481 e. The monoisotopic (exact) mass is 566 g/mol. The van der Waals surface area contributed by atoms with Crippen LogP contribution in [0.4, 0.5) is 22.1 Å². The van der Waals surface area contributed by atoms with Crippen molar-refractivity contribution in [3.05, 3.63) is 35.0 Å². The van der Waals surface area contributed by atoms with E-state index in [0.29, 0.717) is 68.1 Å². The Morgan fingerprint density at radius 2 is 2.20 bits per heavy atom. The van der Waals surface area contributed by atoms with Gasteiger partial charge in [-0.05, 0) is 31.5 Å². The van der Waals surface area contributed by atoms with Crippen LogP contribution in [0.3, 0.4) is 0 Å². The van der Waals surface area contributed by atoms with Gasteiger partial charge in [-0.25, -0.2) is 9.78 Å². The molecule has 2 fully saturated rings. The number of nitrogens with zero attached hydrogens (tertiary/aromatic N) is 6. The predicted molar refractivity (Wildman–Crippen MR) is 153 cm³/mol. The van der Waals surface area contributed by atoms with Gasteiger partial charge in [0.2, 0.25) is 11.8 Å². The first-order chi connectivity index (χ1) is 19.4. The van der Waals surface area contributed by atoms with Gasteiger partial charge in [0.15, 0.2) is 0 Å². The summed E-state index contributed by atoms with van der Waals surface area (Å²) < 4.78 is 11.4. The number of piperazine rings is 1. The lowest BCUT2D eigenvalue weighted by Gasteiger charge is -2.33. The smallest absolute Gasteiger partial charge is 0.328 e. The van der Waals surface area contributed by atoms with Crippen LogP contribution in [0.1, 0.15) is 23.1 Å². The third kappa shape index (κ3) is 6.41. The topological polar surface area (TPSA) is 136 Å². The molecular formula is C27H34N8O4S. The van der Waals surface area contributed by atoms with Crippen LogP contribution in [-0.4, -0.2) is 103 Å². The molecule has 2 aromatic heterocycles. The van der Waals surface area contributed by atoms with Crippen LogP contribution in [0.2, 0.25) is 0 Å². The summed E-state index contributed by atoms with van der Waals surface area (Å²) in [5.74, 6) is 3.22. The van der Waals surface area contributed by atoms with E-state index in [-0.39, 0.29) is 18.0 Å². The molecule has 1 unspecified atom stereocenters. The number of ether oxygens (including phenoxy) is 2. The van der Waals surface area contributed by atoms with E-state index in [1.54, 1.807) is 18.1 Å². The second-order valence-electron chi connectivity index (χ2n) is 10.1. The minimum atomic E-state index is -0.368. The normalized spacial score (nSPS) is 19.5. The molecule has 40 heavy (non-hydrogen) atoms. The largest absolute Gasteiger partial charge is 0.481 e. The van der Waals surface area contributed by atoms with Crippen LogP contribution in [0.25, 0.3) is 0 Å². The van der Waals surface area contributed by atoms with Crippen molar-refractivity contribution in [2.75, 3.05) is 80.5 Å². The number of nitriles is 1. The molecule has 13 heteroatoms. The summed E-state index contributed by atoms with van der Waals surface area (Å²) in [7, 11) is 3.48. The predicted octanol–water partition coefficient (Wildman–Crippen LogP) is 2.16. The van der Waals surface area contributed by atoms with Crippen molar-refractivity contribution in [1.29, 1.82) is 5.26 Å². The number of urea groups is 1. The van der Waals surface area contributed by atoms with Crippen LogP contribution < -0.4 is 20.3 Å². The molecule has 2 aromatic rings. The summed E-state index contributed by atoms with van der Waals surface area (Å²) in [6, 6.07) is 5.45. The van der Waals surface area contributed by atoms with Crippen LogP contribution in [0.15, 0.2) is 18.3 Å². The second kappa shape index (κ2) is 12.7. The second-order valence-corrected chi connectivity index (χ2v) is 11.2. The van der Waals surface area contributed by atoms with E-state index >= 15 is 0 Å². The van der Waals surface area contributed by atoms with E-state index in [9.17, 15) is 14.9 Å². The van der Waals surface area contributed by atoms with Gasteiger partial charge in [0.1, 0.15) is 17.7 Å². The van der Waals surface area contributed by atoms with Crippen LogP contribution >= 0.6 is 11.8 Å². The van der Waals surface area contributed by atoms with Crippen LogP contribution in [0.5, 0.6) is 5.88 Å². The molecule has 1 atom stereocenters. The molecule has 5 heterocycles. The number of hydrogen-bond donors (Lipinski definition) is 2. The Morgan fingerprint density at radius 1 is 1.32 bits per heavy atom. The zero-order valence-corrected chi connectivity index (χ0v) is 23.6. The van der Waals surface area contributed by atoms with Gasteiger partial charge in [-0.15, -0.1) is 0 Å². The van der Waals surface area contributed by atoms with Crippen LogP contribution in [-0.2, 0) is 22.5 Å². The number of carbonyl (C=O) groups excluding carboxylic acids is 2. The Hall–Kier alpha value is -3.60. The number of carbonyl (C=O) groups is 2. The Kier molecular flexibility index (Phi) is 8.88. The molecule has 0 saturated carbocycles. The Bertz CT molecular complexity index is 1300. The van der Waals surface area contributed by atoms with Gasteiger partial charge >= 0.3 is 6.03 Å². The zero-order valence-electron chi connectivity index (χ0n) is 22.8. The number of aromatic nitrogens is 2. The highest BCUT2D eigenvalue weighted by atomic mass is 32.2. The molecule has 3 aliphatic heterocycles. The number of aryl methyl sites for hydroxylation is 1. The first-order valence-corrected chi connectivity index (χ1v) is 14.6. The molecule has 12 nitrogen and oxygen atoms in total. The van der Waals surface area contributed by atoms with Gasteiger partial charge < -0.3 is 19.7 Å². The van der Waals surface area contributed by atoms with Crippen molar-refractivity contribution in [2.45, 2.75) is 25.5 Å². The summed E-state index contributed by atoms with van der Waals surface area (Å²) >= 11 is 1.84. The van der Waals surface area contributed by atoms with E-state index in [1.807, 2.05) is 34.7 Å². The van der Waals surface area contributed by atoms with E-state index in [4.69, 9.17) is 14.5 Å². The van der Waals surface area contributed by atoms with E-state index < -0.39 is 0 Å².